The standard InChI is InChI=1S/C17H19NOS2/c1-12-4-9-16(13(2)10-12)21-15-7-5-14(6-8-15)18-17(19)11-20-3/h4-10H,11H2,1-3H3,(H,18,19). The summed E-state index contributed by atoms with van der Waals surface area (Å²) in [7, 11) is 0. The summed E-state index contributed by atoms with van der Waals surface area (Å²) in [6.45, 7) is 4.24. The molecule has 0 aromatic heterocycles. The zero-order valence-electron chi connectivity index (χ0n) is 12.5. The summed E-state index contributed by atoms with van der Waals surface area (Å²) in [6.07, 6.45) is 1.92. The van der Waals surface area contributed by atoms with E-state index in [2.05, 4.69) is 37.4 Å². The third-order valence-corrected chi connectivity index (χ3v) is 4.71. The molecule has 0 heterocycles. The van der Waals surface area contributed by atoms with Crippen molar-refractivity contribution in [3.05, 3.63) is 53.6 Å². The SMILES string of the molecule is CSCC(=O)Nc1ccc(Sc2ccc(C)cc2C)cc1. The quantitative estimate of drug-likeness (QED) is 0.862. The number of hydrogen-bond donors (Lipinski definition) is 1. The van der Waals surface area contributed by atoms with Crippen molar-refractivity contribution >= 4 is 35.1 Å². The predicted molar refractivity (Wildman–Crippen MR) is 93.5 cm³/mol. The molecule has 0 unspecified atom stereocenters. The van der Waals surface area contributed by atoms with Gasteiger partial charge in [-0.3, -0.25) is 4.79 Å². The Kier molecular flexibility index (Phi) is 5.76. The Balaban J connectivity index is 2.03. The van der Waals surface area contributed by atoms with Gasteiger partial charge in [-0.1, -0.05) is 29.5 Å². The number of hydrogen-bond acceptors (Lipinski definition) is 3. The zero-order valence-corrected chi connectivity index (χ0v) is 14.1. The number of rotatable bonds is 5. The predicted octanol–water partition coefficient (Wildman–Crippen LogP) is 4.76. The third kappa shape index (κ3) is 4.83. The van der Waals surface area contributed by atoms with Crippen molar-refractivity contribution in [2.24, 2.45) is 0 Å². The first kappa shape index (κ1) is 16.0. The van der Waals surface area contributed by atoms with Crippen molar-refractivity contribution in [3.8, 4) is 0 Å². The molecule has 0 spiro atoms. The van der Waals surface area contributed by atoms with Gasteiger partial charge in [0.2, 0.25) is 5.91 Å². The number of carbonyl (C=O) groups is 1. The first-order valence-corrected chi connectivity index (χ1v) is 8.93. The van der Waals surface area contributed by atoms with E-state index in [1.807, 2.05) is 30.5 Å². The van der Waals surface area contributed by atoms with Gasteiger partial charge in [-0.2, -0.15) is 11.8 Å². The molecule has 2 nitrogen and oxygen atoms in total. The second kappa shape index (κ2) is 7.57. The summed E-state index contributed by atoms with van der Waals surface area (Å²) in [5.41, 5.74) is 3.42. The molecule has 4 heteroatoms. The highest BCUT2D eigenvalue weighted by Gasteiger charge is 2.04. The van der Waals surface area contributed by atoms with E-state index in [4.69, 9.17) is 0 Å². The molecule has 0 bridgehead atoms. The molecule has 0 aliphatic rings. The van der Waals surface area contributed by atoms with Gasteiger partial charge < -0.3 is 5.32 Å². The lowest BCUT2D eigenvalue weighted by Gasteiger charge is -2.08. The van der Waals surface area contributed by atoms with Crippen LogP contribution in [-0.2, 0) is 4.79 Å². The first-order chi connectivity index (χ1) is 10.1. The average molecular weight is 317 g/mol. The van der Waals surface area contributed by atoms with Gasteiger partial charge >= 0.3 is 0 Å². The van der Waals surface area contributed by atoms with Gasteiger partial charge in [0.25, 0.3) is 0 Å². The summed E-state index contributed by atoms with van der Waals surface area (Å²) in [4.78, 5) is 14.0. The molecule has 1 amide bonds. The first-order valence-electron chi connectivity index (χ1n) is 6.72. The molecule has 0 aliphatic carbocycles. The van der Waals surface area contributed by atoms with E-state index in [9.17, 15) is 4.79 Å². The van der Waals surface area contributed by atoms with Crippen LogP contribution in [0.25, 0.3) is 0 Å². The second-order valence-electron chi connectivity index (χ2n) is 4.88. The highest BCUT2D eigenvalue weighted by Crippen LogP contribution is 2.31. The molecule has 2 aromatic rings. The fraction of sp³-hybridized carbons (Fsp3) is 0.235. The smallest absolute Gasteiger partial charge is 0.234 e. The number of benzene rings is 2. The van der Waals surface area contributed by atoms with Crippen LogP contribution in [0.4, 0.5) is 5.69 Å². The molecule has 0 saturated carbocycles. The number of thioether (sulfide) groups is 1. The van der Waals surface area contributed by atoms with Crippen LogP contribution in [0.1, 0.15) is 11.1 Å². The summed E-state index contributed by atoms with van der Waals surface area (Å²) in [6, 6.07) is 14.5. The largest absolute Gasteiger partial charge is 0.325 e. The van der Waals surface area contributed by atoms with Gasteiger partial charge in [0.1, 0.15) is 0 Å². The van der Waals surface area contributed by atoms with Gasteiger partial charge in [0.15, 0.2) is 0 Å². The van der Waals surface area contributed by atoms with Gasteiger partial charge in [-0.05, 0) is 56.0 Å². The molecule has 0 atom stereocenters. The normalized spacial score (nSPS) is 10.4. The molecule has 0 radical (unpaired) electrons. The molecule has 2 rings (SSSR count). The van der Waals surface area contributed by atoms with E-state index >= 15 is 0 Å². The fourth-order valence-corrected chi connectivity index (χ4v) is 3.19. The molecule has 2 aromatic carbocycles. The van der Waals surface area contributed by atoms with Crippen LogP contribution in [0.5, 0.6) is 0 Å². The summed E-state index contributed by atoms with van der Waals surface area (Å²) in [5.74, 6) is 0.524. The maximum atomic E-state index is 11.5. The van der Waals surface area contributed by atoms with Crippen LogP contribution in [0.3, 0.4) is 0 Å². The van der Waals surface area contributed by atoms with Gasteiger partial charge in [-0.25, -0.2) is 0 Å². The second-order valence-corrected chi connectivity index (χ2v) is 6.86. The minimum atomic E-state index is 0.0392. The van der Waals surface area contributed by atoms with Crippen LogP contribution < -0.4 is 5.32 Å². The van der Waals surface area contributed by atoms with Crippen molar-refractivity contribution in [1.29, 1.82) is 0 Å². The number of carbonyl (C=O) groups excluding carboxylic acids is 1. The Morgan fingerprint density at radius 3 is 2.43 bits per heavy atom. The fourth-order valence-electron chi connectivity index (χ4n) is 1.98. The lowest BCUT2D eigenvalue weighted by atomic mass is 10.2. The Labute approximate surface area is 134 Å². The monoisotopic (exact) mass is 317 g/mol. The van der Waals surface area contributed by atoms with Gasteiger partial charge in [0, 0.05) is 15.5 Å². The van der Waals surface area contributed by atoms with Crippen LogP contribution in [-0.4, -0.2) is 17.9 Å². The van der Waals surface area contributed by atoms with E-state index in [0.29, 0.717) is 5.75 Å². The van der Waals surface area contributed by atoms with Crippen LogP contribution >= 0.6 is 23.5 Å². The van der Waals surface area contributed by atoms with Crippen LogP contribution in [0.2, 0.25) is 0 Å². The summed E-state index contributed by atoms with van der Waals surface area (Å²) in [5, 5.41) is 2.88. The average Bonchev–Trinajstić information content (AvgIpc) is 2.44. The van der Waals surface area contributed by atoms with E-state index in [1.165, 1.54) is 32.7 Å². The van der Waals surface area contributed by atoms with Crippen LogP contribution in [0.15, 0.2) is 52.3 Å². The van der Waals surface area contributed by atoms with Crippen molar-refractivity contribution in [2.45, 2.75) is 23.6 Å². The van der Waals surface area contributed by atoms with Crippen LogP contribution in [0, 0.1) is 13.8 Å². The zero-order chi connectivity index (χ0) is 15.2. The summed E-state index contributed by atoms with van der Waals surface area (Å²) >= 11 is 3.26. The molecule has 110 valence electrons. The minimum Gasteiger partial charge on any atom is -0.325 e. The number of anilines is 1. The van der Waals surface area contributed by atoms with E-state index in [-0.39, 0.29) is 5.91 Å². The Hall–Kier alpha value is -1.39. The molecular formula is C17H19NOS2. The molecule has 0 aliphatic heterocycles. The Morgan fingerprint density at radius 2 is 1.81 bits per heavy atom. The lowest BCUT2D eigenvalue weighted by molar-refractivity contribution is -0.113. The third-order valence-electron chi connectivity index (χ3n) is 2.97. The summed E-state index contributed by atoms with van der Waals surface area (Å²) < 4.78 is 0. The topological polar surface area (TPSA) is 29.1 Å². The van der Waals surface area contributed by atoms with Crippen molar-refractivity contribution in [3.63, 3.8) is 0 Å². The molecule has 0 fully saturated rings. The number of amides is 1. The number of nitrogens with one attached hydrogen (secondary N) is 1. The molecule has 1 N–H and O–H groups in total. The Bertz CT molecular complexity index is 623. The Morgan fingerprint density at radius 1 is 1.10 bits per heavy atom. The van der Waals surface area contributed by atoms with Gasteiger partial charge in [0.05, 0.1) is 5.75 Å². The maximum Gasteiger partial charge on any atom is 0.234 e. The molecular weight excluding hydrogens is 298 g/mol. The van der Waals surface area contributed by atoms with Gasteiger partial charge in [-0.15, -0.1) is 0 Å². The minimum absolute atomic E-state index is 0.0392. The van der Waals surface area contributed by atoms with E-state index in [0.717, 1.165) is 5.69 Å². The molecule has 21 heavy (non-hydrogen) atoms. The maximum absolute atomic E-state index is 11.5. The van der Waals surface area contributed by atoms with E-state index in [1.54, 1.807) is 11.8 Å². The van der Waals surface area contributed by atoms with Crippen molar-refractivity contribution < 1.29 is 4.79 Å². The molecule has 0 saturated heterocycles. The van der Waals surface area contributed by atoms with Crippen molar-refractivity contribution in [2.75, 3.05) is 17.3 Å². The van der Waals surface area contributed by atoms with Crippen molar-refractivity contribution in [1.82, 2.24) is 0 Å². The highest BCUT2D eigenvalue weighted by atomic mass is 32.2. The van der Waals surface area contributed by atoms with E-state index < -0.39 is 0 Å². The number of aryl methyl sites for hydroxylation is 2. The lowest BCUT2D eigenvalue weighted by Crippen LogP contribution is -2.13. The highest BCUT2D eigenvalue weighted by molar-refractivity contribution is 7.99.